The number of hydrogen-bond acceptors (Lipinski definition) is 3. The second-order valence-corrected chi connectivity index (χ2v) is 5.89. The summed E-state index contributed by atoms with van der Waals surface area (Å²) in [4.78, 5) is 11.6. The van der Waals surface area contributed by atoms with Gasteiger partial charge in [-0.1, -0.05) is 13.8 Å². The second kappa shape index (κ2) is 6.24. The fourth-order valence-corrected chi connectivity index (χ4v) is 1.33. The molecule has 0 bridgehead atoms. The van der Waals surface area contributed by atoms with E-state index >= 15 is 0 Å². The standard InChI is InChI=1S/C13H27NO2/c1-9(2)11(4)14-10(3)8-12(15)16-13(5,6)7/h9-11,14H,8H2,1-7H3. The number of rotatable bonds is 5. The summed E-state index contributed by atoms with van der Waals surface area (Å²) in [5.74, 6) is 0.435. The molecule has 0 aliphatic rings. The van der Waals surface area contributed by atoms with Crippen LogP contribution in [0.15, 0.2) is 0 Å². The summed E-state index contributed by atoms with van der Waals surface area (Å²) in [5, 5.41) is 3.40. The van der Waals surface area contributed by atoms with Crippen LogP contribution in [-0.4, -0.2) is 23.7 Å². The number of esters is 1. The molecule has 3 nitrogen and oxygen atoms in total. The van der Waals surface area contributed by atoms with Crippen molar-refractivity contribution in [1.29, 1.82) is 0 Å². The van der Waals surface area contributed by atoms with Crippen molar-refractivity contribution in [2.75, 3.05) is 0 Å². The first kappa shape index (κ1) is 15.4. The molecule has 1 N–H and O–H groups in total. The molecule has 0 aliphatic heterocycles. The van der Waals surface area contributed by atoms with Crippen molar-refractivity contribution in [2.24, 2.45) is 5.92 Å². The van der Waals surface area contributed by atoms with Gasteiger partial charge < -0.3 is 10.1 Å². The maximum atomic E-state index is 11.6. The summed E-state index contributed by atoms with van der Waals surface area (Å²) in [6.07, 6.45) is 0.425. The summed E-state index contributed by atoms with van der Waals surface area (Å²) in [6.45, 7) is 14.1. The molecule has 0 saturated heterocycles. The van der Waals surface area contributed by atoms with E-state index in [0.29, 0.717) is 18.4 Å². The van der Waals surface area contributed by atoms with E-state index in [1.54, 1.807) is 0 Å². The normalized spacial score (nSPS) is 16.0. The van der Waals surface area contributed by atoms with Crippen LogP contribution in [0.3, 0.4) is 0 Å². The topological polar surface area (TPSA) is 38.3 Å². The number of carbonyl (C=O) groups excluding carboxylic acids is 1. The Balaban J connectivity index is 3.96. The fourth-order valence-electron chi connectivity index (χ4n) is 1.33. The molecule has 0 aromatic heterocycles. The molecule has 96 valence electrons. The minimum absolute atomic E-state index is 0.136. The quantitative estimate of drug-likeness (QED) is 0.737. The van der Waals surface area contributed by atoms with Crippen molar-refractivity contribution in [1.82, 2.24) is 5.32 Å². The summed E-state index contributed by atoms with van der Waals surface area (Å²) >= 11 is 0. The van der Waals surface area contributed by atoms with E-state index in [4.69, 9.17) is 4.74 Å². The molecule has 0 aromatic rings. The Kier molecular flexibility index (Phi) is 6.01. The van der Waals surface area contributed by atoms with Gasteiger partial charge in [-0.25, -0.2) is 0 Å². The molecule has 0 aromatic carbocycles. The Morgan fingerprint density at radius 3 is 2.06 bits per heavy atom. The van der Waals surface area contributed by atoms with E-state index in [1.165, 1.54) is 0 Å². The van der Waals surface area contributed by atoms with Gasteiger partial charge >= 0.3 is 5.97 Å². The molecule has 3 heteroatoms. The first-order valence-electron chi connectivity index (χ1n) is 6.09. The van der Waals surface area contributed by atoms with Gasteiger partial charge in [0.2, 0.25) is 0 Å². The molecule has 16 heavy (non-hydrogen) atoms. The van der Waals surface area contributed by atoms with E-state index in [2.05, 4.69) is 26.1 Å². The zero-order valence-corrected chi connectivity index (χ0v) is 11.8. The molecule has 2 atom stereocenters. The third kappa shape index (κ3) is 7.69. The Bertz CT molecular complexity index is 218. The number of carbonyl (C=O) groups is 1. The van der Waals surface area contributed by atoms with Crippen LogP contribution in [0.4, 0.5) is 0 Å². The lowest BCUT2D eigenvalue weighted by Crippen LogP contribution is -2.39. The minimum Gasteiger partial charge on any atom is -0.460 e. The Morgan fingerprint density at radius 1 is 1.19 bits per heavy atom. The predicted molar refractivity (Wildman–Crippen MR) is 67.4 cm³/mol. The summed E-state index contributed by atoms with van der Waals surface area (Å²) in [7, 11) is 0. The second-order valence-electron chi connectivity index (χ2n) is 5.89. The third-order valence-corrected chi connectivity index (χ3v) is 2.44. The van der Waals surface area contributed by atoms with Gasteiger partial charge in [0.15, 0.2) is 0 Å². The zero-order chi connectivity index (χ0) is 12.9. The van der Waals surface area contributed by atoms with Crippen molar-refractivity contribution < 1.29 is 9.53 Å². The largest absolute Gasteiger partial charge is 0.460 e. The molecular formula is C13H27NO2. The first-order valence-corrected chi connectivity index (χ1v) is 6.09. The van der Waals surface area contributed by atoms with E-state index in [-0.39, 0.29) is 17.6 Å². The van der Waals surface area contributed by atoms with Gasteiger partial charge in [0.05, 0.1) is 6.42 Å². The third-order valence-electron chi connectivity index (χ3n) is 2.44. The Morgan fingerprint density at radius 2 is 1.69 bits per heavy atom. The molecule has 0 amide bonds. The highest BCUT2D eigenvalue weighted by Gasteiger charge is 2.19. The van der Waals surface area contributed by atoms with Gasteiger partial charge in [-0.3, -0.25) is 4.79 Å². The smallest absolute Gasteiger partial charge is 0.307 e. The Labute approximate surface area is 99.9 Å². The van der Waals surface area contributed by atoms with E-state index in [0.717, 1.165) is 0 Å². The van der Waals surface area contributed by atoms with Crippen LogP contribution in [-0.2, 0) is 9.53 Å². The van der Waals surface area contributed by atoms with Crippen molar-refractivity contribution in [2.45, 2.75) is 72.6 Å². The lowest BCUT2D eigenvalue weighted by molar-refractivity contribution is -0.155. The van der Waals surface area contributed by atoms with Crippen molar-refractivity contribution in [3.8, 4) is 0 Å². The number of nitrogens with one attached hydrogen (secondary N) is 1. The molecule has 2 unspecified atom stereocenters. The number of ether oxygens (including phenoxy) is 1. The minimum atomic E-state index is -0.388. The van der Waals surface area contributed by atoms with Gasteiger partial charge in [0.25, 0.3) is 0 Å². The van der Waals surface area contributed by atoms with Crippen LogP contribution in [0.2, 0.25) is 0 Å². The summed E-state index contributed by atoms with van der Waals surface area (Å²) in [6, 6.07) is 0.574. The maximum absolute atomic E-state index is 11.6. The molecule has 0 spiro atoms. The molecule has 0 rings (SSSR count). The van der Waals surface area contributed by atoms with Gasteiger partial charge in [-0.05, 0) is 40.5 Å². The van der Waals surface area contributed by atoms with Crippen molar-refractivity contribution in [3.05, 3.63) is 0 Å². The molecule has 0 aliphatic carbocycles. The molecule has 0 radical (unpaired) electrons. The van der Waals surface area contributed by atoms with Gasteiger partial charge in [0.1, 0.15) is 5.60 Å². The molecule has 0 heterocycles. The van der Waals surface area contributed by atoms with Gasteiger partial charge in [-0.2, -0.15) is 0 Å². The highest BCUT2D eigenvalue weighted by atomic mass is 16.6. The predicted octanol–water partition coefficient (Wildman–Crippen LogP) is 2.74. The molecule has 0 fully saturated rings. The molecule has 0 saturated carbocycles. The van der Waals surface area contributed by atoms with E-state index in [9.17, 15) is 4.79 Å². The SMILES string of the molecule is CC(CC(=O)OC(C)(C)C)NC(C)C(C)C. The summed E-state index contributed by atoms with van der Waals surface area (Å²) in [5.41, 5.74) is -0.388. The summed E-state index contributed by atoms with van der Waals surface area (Å²) < 4.78 is 5.27. The Hall–Kier alpha value is -0.570. The fraction of sp³-hybridized carbons (Fsp3) is 0.923. The lowest BCUT2D eigenvalue weighted by Gasteiger charge is -2.24. The number of hydrogen-bond donors (Lipinski definition) is 1. The zero-order valence-electron chi connectivity index (χ0n) is 11.8. The van der Waals surface area contributed by atoms with Crippen LogP contribution < -0.4 is 5.32 Å². The molecular weight excluding hydrogens is 202 g/mol. The monoisotopic (exact) mass is 229 g/mol. The van der Waals surface area contributed by atoms with Crippen molar-refractivity contribution in [3.63, 3.8) is 0 Å². The lowest BCUT2D eigenvalue weighted by atomic mass is 10.0. The highest BCUT2D eigenvalue weighted by molar-refractivity contribution is 5.70. The van der Waals surface area contributed by atoms with Crippen LogP contribution in [0, 0.1) is 5.92 Å². The van der Waals surface area contributed by atoms with Crippen LogP contribution in [0.5, 0.6) is 0 Å². The van der Waals surface area contributed by atoms with E-state index < -0.39 is 0 Å². The average Bonchev–Trinajstić information content (AvgIpc) is 1.98. The first-order chi connectivity index (χ1) is 7.11. The van der Waals surface area contributed by atoms with Crippen LogP contribution >= 0.6 is 0 Å². The maximum Gasteiger partial charge on any atom is 0.307 e. The van der Waals surface area contributed by atoms with Gasteiger partial charge in [0, 0.05) is 12.1 Å². The highest BCUT2D eigenvalue weighted by Crippen LogP contribution is 2.10. The van der Waals surface area contributed by atoms with Crippen LogP contribution in [0.1, 0.15) is 54.9 Å². The van der Waals surface area contributed by atoms with Crippen LogP contribution in [0.25, 0.3) is 0 Å². The van der Waals surface area contributed by atoms with E-state index in [1.807, 2.05) is 27.7 Å². The van der Waals surface area contributed by atoms with Crippen molar-refractivity contribution >= 4 is 5.97 Å². The average molecular weight is 229 g/mol. The van der Waals surface area contributed by atoms with Gasteiger partial charge in [-0.15, -0.1) is 0 Å².